The molecule has 2 aliphatic heterocycles. The third-order valence-electron chi connectivity index (χ3n) is 4.99. The van der Waals surface area contributed by atoms with E-state index in [1.165, 1.54) is 6.07 Å². The number of hydrogen-bond donors (Lipinski definition) is 1. The minimum absolute atomic E-state index is 0. The van der Waals surface area contributed by atoms with Crippen molar-refractivity contribution in [3.8, 4) is 0 Å². The molecule has 8 heteroatoms. The van der Waals surface area contributed by atoms with Gasteiger partial charge in [-0.2, -0.15) is 0 Å². The van der Waals surface area contributed by atoms with Gasteiger partial charge < -0.3 is 15.4 Å². The third kappa shape index (κ3) is 3.38. The quantitative estimate of drug-likeness (QED) is 0.656. The van der Waals surface area contributed by atoms with E-state index in [2.05, 4.69) is 0 Å². The zero-order valence-corrected chi connectivity index (χ0v) is 14.2. The zero-order chi connectivity index (χ0) is 16.4. The van der Waals surface area contributed by atoms with Gasteiger partial charge in [-0.15, -0.1) is 12.4 Å². The molecule has 0 atom stereocenters. The lowest BCUT2D eigenvalue weighted by Crippen LogP contribution is -2.51. The molecule has 1 amide bonds. The fourth-order valence-electron chi connectivity index (χ4n) is 3.43. The lowest BCUT2D eigenvalue weighted by molar-refractivity contribution is -0.385. The van der Waals surface area contributed by atoms with E-state index in [4.69, 9.17) is 10.5 Å². The van der Waals surface area contributed by atoms with Crippen molar-refractivity contribution < 1.29 is 14.5 Å². The van der Waals surface area contributed by atoms with Gasteiger partial charge in [0, 0.05) is 45.0 Å². The molecule has 0 radical (unpaired) electrons. The Kier molecular flexibility index (Phi) is 5.79. The van der Waals surface area contributed by atoms with Gasteiger partial charge in [-0.1, -0.05) is 6.07 Å². The molecule has 1 aromatic carbocycles. The van der Waals surface area contributed by atoms with Crippen molar-refractivity contribution in [2.45, 2.75) is 25.8 Å². The summed E-state index contributed by atoms with van der Waals surface area (Å²) in [6.45, 7) is 2.47. The van der Waals surface area contributed by atoms with Crippen LogP contribution in [0.2, 0.25) is 0 Å². The Morgan fingerprint density at radius 2 is 2.04 bits per heavy atom. The minimum atomic E-state index is -0.545. The molecule has 24 heavy (non-hydrogen) atoms. The predicted molar refractivity (Wildman–Crippen MR) is 91.0 cm³/mol. The fourth-order valence-corrected chi connectivity index (χ4v) is 3.43. The molecule has 3 rings (SSSR count). The smallest absolute Gasteiger partial charge is 0.269 e. The van der Waals surface area contributed by atoms with E-state index >= 15 is 0 Å². The number of nitro benzene ring substituents is 1. The van der Waals surface area contributed by atoms with Gasteiger partial charge in [-0.25, -0.2) is 0 Å². The van der Waals surface area contributed by atoms with E-state index in [-0.39, 0.29) is 24.0 Å². The van der Waals surface area contributed by atoms with Crippen LogP contribution >= 0.6 is 12.4 Å². The van der Waals surface area contributed by atoms with Crippen molar-refractivity contribution >= 4 is 24.0 Å². The normalized spacial score (nSPS) is 19.1. The Morgan fingerprint density at radius 3 is 2.67 bits per heavy atom. The molecule has 2 heterocycles. The molecule has 0 spiro atoms. The Morgan fingerprint density at radius 1 is 1.33 bits per heavy atom. The van der Waals surface area contributed by atoms with Crippen LogP contribution in [0, 0.1) is 15.5 Å². The maximum Gasteiger partial charge on any atom is 0.269 e. The SMILES string of the molecule is Cl.NCC1(C(=O)N2CCc3ccc([N+](=O)[O-])cc3C2)CCOCC1. The number of carbonyl (C=O) groups is 1. The van der Waals surface area contributed by atoms with E-state index in [0.717, 1.165) is 17.5 Å². The van der Waals surface area contributed by atoms with Gasteiger partial charge in [-0.3, -0.25) is 14.9 Å². The van der Waals surface area contributed by atoms with Crippen molar-refractivity contribution in [1.29, 1.82) is 0 Å². The van der Waals surface area contributed by atoms with Gasteiger partial charge in [0.25, 0.3) is 5.69 Å². The van der Waals surface area contributed by atoms with Crippen LogP contribution in [-0.2, 0) is 22.5 Å². The largest absolute Gasteiger partial charge is 0.381 e. The third-order valence-corrected chi connectivity index (χ3v) is 4.99. The molecule has 0 unspecified atom stereocenters. The van der Waals surface area contributed by atoms with Crippen LogP contribution in [0.4, 0.5) is 5.69 Å². The Hall–Kier alpha value is -1.70. The number of fused-ring (bicyclic) bond motifs is 1. The summed E-state index contributed by atoms with van der Waals surface area (Å²) in [6, 6.07) is 4.90. The first-order chi connectivity index (χ1) is 11.1. The Labute approximate surface area is 146 Å². The number of hydrogen-bond acceptors (Lipinski definition) is 5. The number of rotatable bonds is 3. The second-order valence-electron chi connectivity index (χ2n) is 6.28. The molecule has 1 saturated heterocycles. The maximum absolute atomic E-state index is 13.0. The van der Waals surface area contributed by atoms with E-state index in [9.17, 15) is 14.9 Å². The first-order valence-electron chi connectivity index (χ1n) is 7.89. The summed E-state index contributed by atoms with van der Waals surface area (Å²) >= 11 is 0. The number of carbonyl (C=O) groups excluding carboxylic acids is 1. The lowest BCUT2D eigenvalue weighted by Gasteiger charge is -2.40. The number of halogens is 1. The molecular weight excluding hydrogens is 334 g/mol. The molecular formula is C16H22ClN3O4. The van der Waals surface area contributed by atoms with Gasteiger partial charge in [0.15, 0.2) is 0 Å². The first kappa shape index (κ1) is 18.6. The molecule has 1 aromatic rings. The summed E-state index contributed by atoms with van der Waals surface area (Å²) < 4.78 is 5.36. The van der Waals surface area contributed by atoms with Crippen molar-refractivity contribution in [2.75, 3.05) is 26.3 Å². The van der Waals surface area contributed by atoms with Gasteiger partial charge in [0.1, 0.15) is 0 Å². The number of ether oxygens (including phenoxy) is 1. The molecule has 0 saturated carbocycles. The van der Waals surface area contributed by atoms with E-state index in [0.29, 0.717) is 45.7 Å². The van der Waals surface area contributed by atoms with E-state index in [1.807, 2.05) is 0 Å². The second-order valence-corrected chi connectivity index (χ2v) is 6.28. The number of nitrogens with zero attached hydrogens (tertiary/aromatic N) is 2. The van der Waals surface area contributed by atoms with Crippen LogP contribution in [-0.4, -0.2) is 42.0 Å². The van der Waals surface area contributed by atoms with Crippen LogP contribution in [0.25, 0.3) is 0 Å². The second kappa shape index (κ2) is 7.46. The van der Waals surface area contributed by atoms with Crippen LogP contribution in [0.5, 0.6) is 0 Å². The summed E-state index contributed by atoms with van der Waals surface area (Å²) in [5.74, 6) is 0.0560. The molecule has 7 nitrogen and oxygen atoms in total. The first-order valence-corrected chi connectivity index (χ1v) is 7.89. The highest BCUT2D eigenvalue weighted by molar-refractivity contribution is 5.85. The highest BCUT2D eigenvalue weighted by Gasteiger charge is 2.42. The van der Waals surface area contributed by atoms with Gasteiger partial charge in [0.05, 0.1) is 10.3 Å². The maximum atomic E-state index is 13.0. The fraction of sp³-hybridized carbons (Fsp3) is 0.562. The number of nitro groups is 1. The monoisotopic (exact) mass is 355 g/mol. The summed E-state index contributed by atoms with van der Waals surface area (Å²) in [5, 5.41) is 10.9. The van der Waals surface area contributed by atoms with Crippen molar-refractivity contribution in [2.24, 2.45) is 11.1 Å². The average molecular weight is 356 g/mol. The number of non-ortho nitro benzene ring substituents is 1. The zero-order valence-electron chi connectivity index (χ0n) is 13.4. The molecule has 0 aliphatic carbocycles. The highest BCUT2D eigenvalue weighted by atomic mass is 35.5. The summed E-state index contributed by atoms with van der Waals surface area (Å²) in [7, 11) is 0. The molecule has 2 aliphatic rings. The summed E-state index contributed by atoms with van der Waals surface area (Å²) in [4.78, 5) is 25.3. The average Bonchev–Trinajstić information content (AvgIpc) is 2.60. The molecule has 2 N–H and O–H groups in total. The Balaban J connectivity index is 0.00000208. The molecule has 1 fully saturated rings. The van der Waals surface area contributed by atoms with Crippen molar-refractivity contribution in [3.63, 3.8) is 0 Å². The van der Waals surface area contributed by atoms with Crippen molar-refractivity contribution in [3.05, 3.63) is 39.4 Å². The van der Waals surface area contributed by atoms with E-state index in [1.54, 1.807) is 17.0 Å². The van der Waals surface area contributed by atoms with Gasteiger partial charge >= 0.3 is 0 Å². The van der Waals surface area contributed by atoms with Gasteiger partial charge in [0.2, 0.25) is 5.91 Å². The van der Waals surface area contributed by atoms with Gasteiger partial charge in [-0.05, 0) is 30.4 Å². The molecule has 0 bridgehead atoms. The summed E-state index contributed by atoms with van der Waals surface area (Å²) in [5.41, 5.74) is 7.37. The number of benzene rings is 1. The molecule has 132 valence electrons. The standard InChI is InChI=1S/C16H21N3O4.ClH/c17-11-16(4-7-23-8-5-16)15(20)18-6-3-12-1-2-14(19(21)22)9-13(12)10-18;/h1-2,9H,3-8,10-11,17H2;1H. The lowest BCUT2D eigenvalue weighted by atomic mass is 9.78. The Bertz CT molecular complexity index is 632. The number of amides is 1. The van der Waals surface area contributed by atoms with E-state index < -0.39 is 10.3 Å². The minimum Gasteiger partial charge on any atom is -0.381 e. The summed E-state index contributed by atoms with van der Waals surface area (Å²) in [6.07, 6.45) is 2.00. The van der Waals surface area contributed by atoms with Crippen LogP contribution in [0.3, 0.4) is 0 Å². The highest BCUT2D eigenvalue weighted by Crippen LogP contribution is 2.34. The predicted octanol–water partition coefficient (Wildman–Crippen LogP) is 1.66. The van der Waals surface area contributed by atoms with Crippen LogP contribution in [0.15, 0.2) is 18.2 Å². The number of nitrogens with two attached hydrogens (primary N) is 1. The molecule has 0 aromatic heterocycles. The van der Waals surface area contributed by atoms with Crippen molar-refractivity contribution in [1.82, 2.24) is 4.90 Å². The topological polar surface area (TPSA) is 98.7 Å². The van der Waals surface area contributed by atoms with Crippen LogP contribution < -0.4 is 5.73 Å². The van der Waals surface area contributed by atoms with Crippen LogP contribution in [0.1, 0.15) is 24.0 Å².